The lowest BCUT2D eigenvalue weighted by Gasteiger charge is -2.10. The highest BCUT2D eigenvalue weighted by atomic mass is 32.2. The number of rotatable bonds is 9. The highest BCUT2D eigenvalue weighted by Crippen LogP contribution is 2.25. The largest absolute Gasteiger partial charge is 0.481 e. The standard InChI is InChI=1S/C20H20FN3O5S/c1-14-2-4-15(5-3-14)19-12-16(13-21)22-24(19)17-6-8-18(9-7-17)30(27,28)23-29-11-10-20(25)26/h2-9,12,23H,10-11,13H2,1H3,(H,25,26). The Balaban J connectivity index is 1.85. The van der Waals surface area contributed by atoms with Gasteiger partial charge in [-0.25, -0.2) is 17.5 Å². The molecule has 158 valence electrons. The van der Waals surface area contributed by atoms with Gasteiger partial charge in [0, 0.05) is 5.56 Å². The van der Waals surface area contributed by atoms with Gasteiger partial charge in [-0.2, -0.15) is 5.10 Å². The number of carboxylic acids is 1. The van der Waals surface area contributed by atoms with Crippen LogP contribution in [0.5, 0.6) is 0 Å². The van der Waals surface area contributed by atoms with E-state index in [2.05, 4.69) is 5.10 Å². The zero-order chi connectivity index (χ0) is 21.7. The number of nitrogens with one attached hydrogen (secondary N) is 1. The van der Waals surface area contributed by atoms with E-state index in [0.29, 0.717) is 11.4 Å². The van der Waals surface area contributed by atoms with E-state index in [9.17, 15) is 17.6 Å². The third-order valence-corrected chi connectivity index (χ3v) is 5.45. The molecule has 0 aliphatic heterocycles. The van der Waals surface area contributed by atoms with E-state index in [1.807, 2.05) is 36.1 Å². The Morgan fingerprint density at radius 3 is 2.43 bits per heavy atom. The lowest BCUT2D eigenvalue weighted by molar-refractivity contribution is -0.138. The van der Waals surface area contributed by atoms with Crippen LogP contribution < -0.4 is 4.89 Å². The van der Waals surface area contributed by atoms with Crippen LogP contribution in [0.25, 0.3) is 16.9 Å². The molecule has 8 nitrogen and oxygen atoms in total. The van der Waals surface area contributed by atoms with Crippen molar-refractivity contribution in [3.63, 3.8) is 0 Å². The maximum Gasteiger partial charge on any atom is 0.305 e. The molecule has 10 heteroatoms. The minimum absolute atomic E-state index is 0.0728. The Morgan fingerprint density at radius 2 is 1.83 bits per heavy atom. The maximum absolute atomic E-state index is 13.2. The van der Waals surface area contributed by atoms with Gasteiger partial charge < -0.3 is 5.11 Å². The van der Waals surface area contributed by atoms with Crippen molar-refractivity contribution in [1.29, 1.82) is 0 Å². The van der Waals surface area contributed by atoms with E-state index < -0.39 is 22.7 Å². The van der Waals surface area contributed by atoms with Gasteiger partial charge in [-0.1, -0.05) is 34.7 Å². The molecule has 0 unspecified atom stereocenters. The normalized spacial score (nSPS) is 11.5. The van der Waals surface area contributed by atoms with Crippen LogP contribution in [0.15, 0.2) is 59.5 Å². The van der Waals surface area contributed by atoms with Crippen molar-refractivity contribution in [2.45, 2.75) is 24.9 Å². The minimum Gasteiger partial charge on any atom is -0.481 e. The van der Waals surface area contributed by atoms with Crippen molar-refractivity contribution >= 4 is 16.0 Å². The van der Waals surface area contributed by atoms with Crippen LogP contribution in [0, 0.1) is 6.92 Å². The topological polar surface area (TPSA) is 111 Å². The van der Waals surface area contributed by atoms with Gasteiger partial charge in [0.05, 0.1) is 35.0 Å². The number of halogens is 1. The fraction of sp³-hybridized carbons (Fsp3) is 0.200. The molecule has 2 N–H and O–H groups in total. The predicted molar refractivity (Wildman–Crippen MR) is 107 cm³/mol. The molecule has 3 rings (SSSR count). The Kier molecular flexibility index (Phi) is 6.60. The van der Waals surface area contributed by atoms with E-state index in [4.69, 9.17) is 9.94 Å². The highest BCUT2D eigenvalue weighted by Gasteiger charge is 2.16. The number of hydrogen-bond donors (Lipinski definition) is 2. The Morgan fingerprint density at radius 1 is 1.17 bits per heavy atom. The first-order valence-corrected chi connectivity index (χ1v) is 10.5. The number of nitrogens with zero attached hydrogens (tertiary/aromatic N) is 2. The van der Waals surface area contributed by atoms with Crippen LogP contribution in [0.2, 0.25) is 0 Å². The summed E-state index contributed by atoms with van der Waals surface area (Å²) in [5.74, 6) is -1.10. The van der Waals surface area contributed by atoms with Gasteiger partial charge in [0.2, 0.25) is 0 Å². The number of alkyl halides is 1. The van der Waals surface area contributed by atoms with Gasteiger partial charge >= 0.3 is 5.97 Å². The molecule has 1 heterocycles. The zero-order valence-corrected chi connectivity index (χ0v) is 16.9. The molecule has 2 aromatic carbocycles. The molecule has 0 saturated heterocycles. The van der Waals surface area contributed by atoms with E-state index in [1.54, 1.807) is 22.9 Å². The van der Waals surface area contributed by atoms with Crippen LogP contribution in [-0.4, -0.2) is 35.9 Å². The molecule has 0 fully saturated rings. The Hall–Kier alpha value is -3.08. The molecule has 0 aliphatic rings. The summed E-state index contributed by atoms with van der Waals surface area (Å²) in [5, 5.41) is 12.8. The molecular formula is C20H20FN3O5S. The van der Waals surface area contributed by atoms with E-state index in [1.165, 1.54) is 12.1 Å². The average Bonchev–Trinajstić information content (AvgIpc) is 3.16. The lowest BCUT2D eigenvalue weighted by atomic mass is 10.1. The van der Waals surface area contributed by atoms with Crippen molar-refractivity contribution in [2.75, 3.05) is 6.61 Å². The summed E-state index contributed by atoms with van der Waals surface area (Å²) in [6.45, 7) is 0.939. The smallest absolute Gasteiger partial charge is 0.305 e. The summed E-state index contributed by atoms with van der Waals surface area (Å²) in [6.07, 6.45) is -0.334. The van der Waals surface area contributed by atoms with Gasteiger partial charge in [-0.15, -0.1) is 0 Å². The van der Waals surface area contributed by atoms with Crippen LogP contribution in [0.3, 0.4) is 0 Å². The minimum atomic E-state index is -3.98. The lowest BCUT2D eigenvalue weighted by Crippen LogP contribution is -2.25. The fourth-order valence-corrected chi connectivity index (χ4v) is 3.52. The summed E-state index contributed by atoms with van der Waals surface area (Å²) in [4.78, 5) is 17.0. The predicted octanol–water partition coefficient (Wildman–Crippen LogP) is 3.00. The van der Waals surface area contributed by atoms with E-state index in [-0.39, 0.29) is 23.6 Å². The van der Waals surface area contributed by atoms with Crippen molar-refractivity contribution in [1.82, 2.24) is 14.7 Å². The number of hydrogen-bond acceptors (Lipinski definition) is 5. The molecule has 30 heavy (non-hydrogen) atoms. The summed E-state index contributed by atoms with van der Waals surface area (Å²) >= 11 is 0. The molecule has 1 aromatic heterocycles. The molecule has 0 atom stereocenters. The number of carbonyl (C=O) groups is 1. The van der Waals surface area contributed by atoms with Crippen LogP contribution in [0.4, 0.5) is 4.39 Å². The van der Waals surface area contributed by atoms with E-state index >= 15 is 0 Å². The first kappa shape index (κ1) is 21.6. The number of aliphatic carboxylic acids is 1. The van der Waals surface area contributed by atoms with Crippen LogP contribution in [0.1, 0.15) is 17.7 Å². The number of aromatic nitrogens is 2. The third kappa shape index (κ3) is 5.09. The average molecular weight is 433 g/mol. The second-order valence-corrected chi connectivity index (χ2v) is 8.15. The number of aryl methyl sites for hydroxylation is 1. The van der Waals surface area contributed by atoms with Crippen molar-refractivity contribution in [3.05, 3.63) is 65.9 Å². The SMILES string of the molecule is Cc1ccc(-c2cc(CF)nn2-c2ccc(S(=O)(=O)NOCCC(=O)O)cc2)cc1. The highest BCUT2D eigenvalue weighted by molar-refractivity contribution is 7.89. The van der Waals surface area contributed by atoms with Crippen LogP contribution >= 0.6 is 0 Å². The summed E-state index contributed by atoms with van der Waals surface area (Å²) < 4.78 is 39.2. The third-order valence-electron chi connectivity index (χ3n) is 4.22. The molecule has 0 spiro atoms. The molecule has 3 aromatic rings. The quantitative estimate of drug-likeness (QED) is 0.397. The fourth-order valence-electron chi connectivity index (χ4n) is 2.69. The maximum atomic E-state index is 13.2. The van der Waals surface area contributed by atoms with Gasteiger partial charge in [0.25, 0.3) is 10.0 Å². The summed E-state index contributed by atoms with van der Waals surface area (Å²) in [5.41, 5.74) is 3.42. The Labute approximate surface area is 172 Å². The zero-order valence-electron chi connectivity index (χ0n) is 16.1. The Bertz CT molecular complexity index is 1130. The second kappa shape index (κ2) is 9.16. The second-order valence-electron chi connectivity index (χ2n) is 6.51. The van der Waals surface area contributed by atoms with E-state index in [0.717, 1.165) is 11.1 Å². The first-order chi connectivity index (χ1) is 14.3. The molecule has 0 bridgehead atoms. The molecular weight excluding hydrogens is 413 g/mol. The first-order valence-electron chi connectivity index (χ1n) is 8.98. The van der Waals surface area contributed by atoms with Gasteiger partial charge in [-0.3, -0.25) is 9.63 Å². The molecule has 0 saturated carbocycles. The summed E-state index contributed by atoms with van der Waals surface area (Å²) in [6, 6.07) is 15.1. The van der Waals surface area contributed by atoms with Gasteiger partial charge in [-0.05, 0) is 37.3 Å². The van der Waals surface area contributed by atoms with Crippen molar-refractivity contribution in [3.8, 4) is 16.9 Å². The number of sulfonamides is 1. The van der Waals surface area contributed by atoms with Gasteiger partial charge in [0.15, 0.2) is 0 Å². The van der Waals surface area contributed by atoms with Crippen molar-refractivity contribution < 1.29 is 27.5 Å². The van der Waals surface area contributed by atoms with Crippen LogP contribution in [-0.2, 0) is 26.3 Å². The number of carboxylic acid groups (broad SMARTS) is 1. The molecule has 0 radical (unpaired) electrons. The monoisotopic (exact) mass is 433 g/mol. The van der Waals surface area contributed by atoms with Gasteiger partial charge in [0.1, 0.15) is 6.67 Å². The molecule has 0 amide bonds. The summed E-state index contributed by atoms with van der Waals surface area (Å²) in [7, 11) is -3.98. The molecule has 0 aliphatic carbocycles. The number of benzene rings is 2. The van der Waals surface area contributed by atoms with Crippen molar-refractivity contribution in [2.24, 2.45) is 0 Å².